The molecule has 0 aliphatic carbocycles. The van der Waals surface area contributed by atoms with E-state index in [1.807, 2.05) is 13.0 Å². The molecule has 2 aromatic rings. The van der Waals surface area contributed by atoms with Gasteiger partial charge in [-0.15, -0.1) is 0 Å². The lowest BCUT2D eigenvalue weighted by Crippen LogP contribution is -2.52. The summed E-state index contributed by atoms with van der Waals surface area (Å²) in [4.78, 5) is 0.993. The van der Waals surface area contributed by atoms with E-state index in [4.69, 9.17) is 0 Å². The largest absolute Gasteiger partial charge is 0.845 e. The molecular weight excluding hydrogens is 338 g/mol. The summed E-state index contributed by atoms with van der Waals surface area (Å²) in [5.41, 5.74) is 0.00813. The smallest absolute Gasteiger partial charge is 0.283 e. The predicted molar refractivity (Wildman–Crippen MR) is 94.4 cm³/mol. The Morgan fingerprint density at radius 1 is 1.12 bits per heavy atom. The van der Waals surface area contributed by atoms with Crippen molar-refractivity contribution in [1.82, 2.24) is 0 Å². The van der Waals surface area contributed by atoms with Gasteiger partial charge in [-0.3, -0.25) is 0 Å². The number of anilines is 1. The van der Waals surface area contributed by atoms with Crippen molar-refractivity contribution in [1.29, 1.82) is 5.26 Å². The molecule has 0 aromatic heterocycles. The van der Waals surface area contributed by atoms with Crippen LogP contribution in [0, 0.1) is 18.3 Å². The van der Waals surface area contributed by atoms with Crippen molar-refractivity contribution < 1.29 is 13.5 Å². The fraction of sp³-hybridized carbons (Fsp3) is 0.222. The molecule has 0 aliphatic rings. The van der Waals surface area contributed by atoms with Gasteiger partial charge in [-0.2, -0.15) is 18.1 Å². The number of para-hydroxylation sites is 1. The van der Waals surface area contributed by atoms with Gasteiger partial charge in [-0.1, -0.05) is 35.9 Å². The molecule has 0 spiro atoms. The third-order valence-electron chi connectivity index (χ3n) is 3.56. The van der Waals surface area contributed by atoms with Crippen molar-refractivity contribution in [2.24, 2.45) is 4.40 Å². The SMILES string of the molecule is Cc1ccc(S(=O)(=O)/N=C(\[O-])N(c2ccccc2)C(C)(C)C#N)cc1. The minimum atomic E-state index is -4.17. The first kappa shape index (κ1) is 18.5. The number of nitriles is 1. The first-order valence-electron chi connectivity index (χ1n) is 7.52. The highest BCUT2D eigenvalue weighted by Crippen LogP contribution is 2.24. The number of sulfonamides is 1. The van der Waals surface area contributed by atoms with E-state index in [-0.39, 0.29) is 4.90 Å². The molecule has 130 valence electrons. The van der Waals surface area contributed by atoms with Gasteiger partial charge in [0.2, 0.25) is 0 Å². The van der Waals surface area contributed by atoms with Gasteiger partial charge in [-0.25, -0.2) is 0 Å². The standard InChI is InChI=1S/C18H19N3O3S/c1-14-9-11-16(12-10-14)25(23,24)20-17(22)21(18(2,3)13-19)15-7-5-4-6-8-15/h4-12H,1-3H3,(H,20,22)/p-1. The van der Waals surface area contributed by atoms with Crippen LogP contribution in [0.4, 0.5) is 5.69 Å². The highest BCUT2D eigenvalue weighted by molar-refractivity contribution is 7.90. The van der Waals surface area contributed by atoms with Crippen molar-refractivity contribution in [2.75, 3.05) is 4.90 Å². The van der Waals surface area contributed by atoms with E-state index in [0.717, 1.165) is 10.5 Å². The quantitative estimate of drug-likeness (QED) is 0.618. The Morgan fingerprint density at radius 2 is 1.68 bits per heavy atom. The van der Waals surface area contributed by atoms with Crippen molar-refractivity contribution in [3.63, 3.8) is 0 Å². The van der Waals surface area contributed by atoms with Gasteiger partial charge in [-0.05, 0) is 45.0 Å². The average Bonchev–Trinajstić information content (AvgIpc) is 2.55. The molecule has 0 atom stereocenters. The third kappa shape index (κ3) is 4.17. The van der Waals surface area contributed by atoms with Gasteiger partial charge in [0.1, 0.15) is 5.54 Å². The zero-order valence-corrected chi connectivity index (χ0v) is 15.0. The molecule has 0 N–H and O–H groups in total. The maximum absolute atomic E-state index is 12.6. The minimum absolute atomic E-state index is 0.0748. The van der Waals surface area contributed by atoms with Crippen LogP contribution in [0.1, 0.15) is 19.4 Å². The fourth-order valence-electron chi connectivity index (χ4n) is 2.21. The highest BCUT2D eigenvalue weighted by atomic mass is 32.2. The lowest BCUT2D eigenvalue weighted by atomic mass is 10.0. The number of amidine groups is 1. The van der Waals surface area contributed by atoms with Gasteiger partial charge in [0.05, 0.1) is 17.0 Å². The Kier molecular flexibility index (Phi) is 5.14. The molecule has 0 saturated heterocycles. The van der Waals surface area contributed by atoms with Crippen LogP contribution in [-0.4, -0.2) is 20.0 Å². The zero-order valence-electron chi connectivity index (χ0n) is 14.2. The Morgan fingerprint density at radius 3 is 2.20 bits per heavy atom. The van der Waals surface area contributed by atoms with Crippen molar-refractivity contribution in [3.05, 3.63) is 60.2 Å². The van der Waals surface area contributed by atoms with E-state index in [1.54, 1.807) is 42.5 Å². The second-order valence-electron chi connectivity index (χ2n) is 6.00. The van der Waals surface area contributed by atoms with Gasteiger partial charge in [0.25, 0.3) is 10.0 Å². The molecule has 6 nitrogen and oxygen atoms in total. The molecule has 2 aromatic carbocycles. The van der Waals surface area contributed by atoms with Crippen molar-refractivity contribution >= 4 is 21.7 Å². The molecular formula is C18H18N3O3S-. The second-order valence-corrected chi connectivity index (χ2v) is 7.61. The zero-order chi connectivity index (χ0) is 18.7. The summed E-state index contributed by atoms with van der Waals surface area (Å²) in [6, 6.07) is 15.4. The minimum Gasteiger partial charge on any atom is -0.845 e. The summed E-state index contributed by atoms with van der Waals surface area (Å²) in [6.07, 6.45) is 0. The Hall–Kier alpha value is -2.85. The van der Waals surface area contributed by atoms with Crippen LogP contribution >= 0.6 is 0 Å². The average molecular weight is 356 g/mol. The van der Waals surface area contributed by atoms with E-state index < -0.39 is 21.6 Å². The van der Waals surface area contributed by atoms with Gasteiger partial charge < -0.3 is 10.0 Å². The Balaban J connectivity index is 2.53. The van der Waals surface area contributed by atoms with E-state index in [1.165, 1.54) is 26.0 Å². The fourth-order valence-corrected chi connectivity index (χ4v) is 3.08. The van der Waals surface area contributed by atoms with Crippen molar-refractivity contribution in [2.45, 2.75) is 31.2 Å². The first-order chi connectivity index (χ1) is 11.7. The number of hydrogen-bond donors (Lipinski definition) is 0. The van der Waals surface area contributed by atoms with Gasteiger partial charge in [0, 0.05) is 5.69 Å². The van der Waals surface area contributed by atoms with Crippen LogP contribution in [-0.2, 0) is 10.0 Å². The third-order valence-corrected chi connectivity index (χ3v) is 4.82. The lowest BCUT2D eigenvalue weighted by Gasteiger charge is -2.38. The van der Waals surface area contributed by atoms with E-state index in [2.05, 4.69) is 4.40 Å². The Bertz CT molecular complexity index is 912. The summed E-state index contributed by atoms with van der Waals surface area (Å²) in [5, 5.41) is 22.0. The predicted octanol–water partition coefficient (Wildman–Crippen LogP) is 2.21. The second kappa shape index (κ2) is 6.95. The van der Waals surface area contributed by atoms with E-state index in [0.29, 0.717) is 5.69 Å². The number of aryl methyl sites for hydroxylation is 1. The van der Waals surface area contributed by atoms with Crippen LogP contribution in [0.25, 0.3) is 0 Å². The lowest BCUT2D eigenvalue weighted by molar-refractivity contribution is -0.218. The molecule has 0 amide bonds. The molecule has 0 aliphatic heterocycles. The summed E-state index contributed by atoms with van der Waals surface area (Å²) >= 11 is 0. The van der Waals surface area contributed by atoms with Gasteiger partial charge >= 0.3 is 0 Å². The molecule has 0 saturated carbocycles. The van der Waals surface area contributed by atoms with Crippen LogP contribution in [0.15, 0.2) is 63.9 Å². The van der Waals surface area contributed by atoms with Crippen molar-refractivity contribution in [3.8, 4) is 6.07 Å². The maximum Gasteiger partial charge on any atom is 0.283 e. The van der Waals surface area contributed by atoms with E-state index >= 15 is 0 Å². The highest BCUT2D eigenvalue weighted by Gasteiger charge is 2.28. The molecule has 7 heteroatoms. The topological polar surface area (TPSA) is 96.6 Å². The van der Waals surface area contributed by atoms with E-state index in [9.17, 15) is 18.8 Å². The normalized spacial score (nSPS) is 12.5. The molecule has 25 heavy (non-hydrogen) atoms. The summed E-state index contributed by atoms with van der Waals surface area (Å²) in [7, 11) is -4.17. The number of rotatable bonds is 4. The molecule has 0 heterocycles. The number of benzene rings is 2. The van der Waals surface area contributed by atoms with Gasteiger partial charge in [0.15, 0.2) is 0 Å². The number of nitrogens with zero attached hydrogens (tertiary/aromatic N) is 3. The summed E-state index contributed by atoms with van der Waals surface area (Å²) in [6.45, 7) is 4.86. The van der Waals surface area contributed by atoms with Crippen LogP contribution in [0.3, 0.4) is 0 Å². The maximum atomic E-state index is 12.6. The first-order valence-corrected chi connectivity index (χ1v) is 8.96. The molecule has 2 rings (SSSR count). The number of hydrogen-bond acceptors (Lipinski definition) is 4. The molecule has 0 radical (unpaired) electrons. The molecule has 0 unspecified atom stereocenters. The molecule has 0 bridgehead atoms. The molecule has 0 fully saturated rings. The van der Waals surface area contributed by atoms with Crippen LogP contribution < -0.4 is 10.0 Å². The van der Waals surface area contributed by atoms with Crippen LogP contribution in [0.2, 0.25) is 0 Å². The monoisotopic (exact) mass is 356 g/mol. The summed E-state index contributed by atoms with van der Waals surface area (Å²) < 4.78 is 28.2. The summed E-state index contributed by atoms with van der Waals surface area (Å²) in [5.74, 6) is 0. The Labute approximate surface area is 147 Å². The van der Waals surface area contributed by atoms with Crippen LogP contribution in [0.5, 0.6) is 0 Å².